The zero-order valence-corrected chi connectivity index (χ0v) is 11.0. The lowest BCUT2D eigenvalue weighted by atomic mass is 10.2. The fourth-order valence-corrected chi connectivity index (χ4v) is 2.07. The summed E-state index contributed by atoms with van der Waals surface area (Å²) in [6.07, 6.45) is -0.954. The first-order valence-electron chi connectivity index (χ1n) is 5.84. The van der Waals surface area contributed by atoms with Crippen molar-refractivity contribution in [2.45, 2.75) is 25.6 Å². The number of Topliss-reactive ketones (excluding diaryl/α,β-unsaturated/α-hetero) is 1. The molecule has 0 radical (unpaired) electrons. The van der Waals surface area contributed by atoms with E-state index in [0.29, 0.717) is 0 Å². The Labute approximate surface area is 114 Å². The van der Waals surface area contributed by atoms with Crippen molar-refractivity contribution in [3.63, 3.8) is 0 Å². The van der Waals surface area contributed by atoms with Gasteiger partial charge in [-0.05, 0) is 12.1 Å². The predicted octanol–water partition coefficient (Wildman–Crippen LogP) is 1.47. The molecule has 0 saturated carbocycles. The fraction of sp³-hybridized carbons (Fsp3) is 0.417. The Morgan fingerprint density at radius 3 is 2.84 bits per heavy atom. The Hall–Kier alpha value is -1.53. The molecule has 0 unspecified atom stereocenters. The van der Waals surface area contributed by atoms with Crippen LogP contribution in [0.15, 0.2) is 18.2 Å². The minimum Gasteiger partial charge on any atom is -0.303 e. The van der Waals surface area contributed by atoms with Gasteiger partial charge in [-0.1, -0.05) is 6.07 Å². The summed E-state index contributed by atoms with van der Waals surface area (Å²) in [5, 5.41) is 2.75. The monoisotopic (exact) mass is 285 g/mol. The zero-order valence-electron chi connectivity index (χ0n) is 10.3. The first kappa shape index (κ1) is 13.9. The van der Waals surface area contributed by atoms with Crippen molar-refractivity contribution in [2.75, 3.05) is 11.0 Å². The van der Waals surface area contributed by atoms with Crippen molar-refractivity contribution in [1.82, 2.24) is 10.3 Å². The molecule has 19 heavy (non-hydrogen) atoms. The molecule has 1 aliphatic heterocycles. The van der Waals surface area contributed by atoms with Gasteiger partial charge >= 0.3 is 0 Å². The first-order valence-corrected chi connectivity index (χ1v) is 6.18. The molecule has 102 valence electrons. The van der Waals surface area contributed by atoms with Crippen molar-refractivity contribution < 1.29 is 14.0 Å². The van der Waals surface area contributed by atoms with Crippen LogP contribution in [0.3, 0.4) is 0 Å². The van der Waals surface area contributed by atoms with E-state index in [2.05, 4.69) is 10.3 Å². The van der Waals surface area contributed by atoms with Gasteiger partial charge in [0, 0.05) is 31.7 Å². The Morgan fingerprint density at radius 2 is 2.26 bits per heavy atom. The SMILES string of the molecule is CC(=O)c1cccc(N(Cl)C(=O)[C@@H]2C[C@@H](F)CN2)n1. The topological polar surface area (TPSA) is 62.3 Å². The summed E-state index contributed by atoms with van der Waals surface area (Å²) in [7, 11) is 0. The minimum absolute atomic E-state index is 0.0917. The molecule has 1 fully saturated rings. The molecule has 1 amide bonds. The summed E-state index contributed by atoms with van der Waals surface area (Å²) in [5.41, 5.74) is 0.221. The number of anilines is 1. The molecular formula is C12H13ClFN3O2. The van der Waals surface area contributed by atoms with Gasteiger partial charge in [-0.15, -0.1) is 0 Å². The van der Waals surface area contributed by atoms with E-state index in [9.17, 15) is 14.0 Å². The second kappa shape index (κ2) is 5.63. The van der Waals surface area contributed by atoms with Crippen LogP contribution < -0.4 is 9.74 Å². The van der Waals surface area contributed by atoms with Crippen molar-refractivity contribution in [3.8, 4) is 0 Å². The van der Waals surface area contributed by atoms with E-state index in [-0.39, 0.29) is 30.3 Å². The normalized spacial score (nSPS) is 22.3. The largest absolute Gasteiger partial charge is 0.303 e. The van der Waals surface area contributed by atoms with Gasteiger partial charge in [-0.3, -0.25) is 9.59 Å². The molecule has 7 heteroatoms. The highest BCUT2D eigenvalue weighted by molar-refractivity contribution is 6.37. The van der Waals surface area contributed by atoms with Gasteiger partial charge in [0.05, 0.1) is 6.04 Å². The smallest absolute Gasteiger partial charge is 0.260 e. The molecular weight excluding hydrogens is 273 g/mol. The molecule has 1 saturated heterocycles. The maximum atomic E-state index is 13.0. The number of amides is 1. The van der Waals surface area contributed by atoms with E-state index < -0.39 is 18.1 Å². The predicted molar refractivity (Wildman–Crippen MR) is 68.9 cm³/mol. The summed E-state index contributed by atoms with van der Waals surface area (Å²) in [4.78, 5) is 27.2. The van der Waals surface area contributed by atoms with Crippen molar-refractivity contribution in [3.05, 3.63) is 23.9 Å². The van der Waals surface area contributed by atoms with E-state index in [4.69, 9.17) is 11.8 Å². The van der Waals surface area contributed by atoms with Gasteiger partial charge in [-0.2, -0.15) is 0 Å². The van der Waals surface area contributed by atoms with E-state index in [0.717, 1.165) is 4.42 Å². The number of carbonyl (C=O) groups excluding carboxylic acids is 2. The summed E-state index contributed by atoms with van der Waals surface area (Å²) in [5.74, 6) is -0.541. The zero-order chi connectivity index (χ0) is 14.0. The molecule has 1 N–H and O–H groups in total. The van der Waals surface area contributed by atoms with Gasteiger partial charge in [0.2, 0.25) is 0 Å². The van der Waals surface area contributed by atoms with Crippen LogP contribution in [0.2, 0.25) is 0 Å². The average Bonchev–Trinajstić information content (AvgIpc) is 2.84. The maximum Gasteiger partial charge on any atom is 0.260 e. The number of carbonyl (C=O) groups is 2. The fourth-order valence-electron chi connectivity index (χ4n) is 1.86. The third-order valence-electron chi connectivity index (χ3n) is 2.87. The molecule has 0 bridgehead atoms. The van der Waals surface area contributed by atoms with Crippen LogP contribution in [0, 0.1) is 0 Å². The van der Waals surface area contributed by atoms with Crippen LogP contribution in [0.4, 0.5) is 10.2 Å². The Kier molecular flexibility index (Phi) is 4.11. The number of aromatic nitrogens is 1. The average molecular weight is 286 g/mol. The number of hydrogen-bond donors (Lipinski definition) is 1. The third kappa shape index (κ3) is 3.08. The minimum atomic E-state index is -1.05. The number of ketones is 1. The van der Waals surface area contributed by atoms with E-state index in [1.54, 1.807) is 6.07 Å². The summed E-state index contributed by atoms with van der Waals surface area (Å²) >= 11 is 5.91. The van der Waals surface area contributed by atoms with Crippen LogP contribution in [-0.4, -0.2) is 35.4 Å². The Morgan fingerprint density at radius 1 is 1.53 bits per heavy atom. The second-order valence-electron chi connectivity index (χ2n) is 4.35. The van der Waals surface area contributed by atoms with E-state index in [1.165, 1.54) is 19.1 Å². The number of nitrogens with zero attached hydrogens (tertiary/aromatic N) is 2. The molecule has 1 aromatic heterocycles. The summed E-state index contributed by atoms with van der Waals surface area (Å²) in [6, 6.07) is 3.98. The number of nitrogens with one attached hydrogen (secondary N) is 1. The first-order chi connectivity index (χ1) is 8.99. The third-order valence-corrected chi connectivity index (χ3v) is 3.20. The van der Waals surface area contributed by atoms with Crippen molar-refractivity contribution in [1.29, 1.82) is 0 Å². The van der Waals surface area contributed by atoms with E-state index >= 15 is 0 Å². The standard InChI is InChI=1S/C12H13ClFN3O2/c1-7(18)9-3-2-4-11(16-9)17(13)12(19)10-5-8(14)6-15-10/h2-4,8,10,15H,5-6H2,1H3/t8-,10+/m1/s1. The quantitative estimate of drug-likeness (QED) is 0.675. The molecule has 0 aromatic carbocycles. The maximum absolute atomic E-state index is 13.0. The number of pyridine rings is 1. The van der Waals surface area contributed by atoms with Crippen LogP contribution in [-0.2, 0) is 4.79 Å². The molecule has 2 heterocycles. The van der Waals surface area contributed by atoms with Gasteiger partial charge in [0.25, 0.3) is 5.91 Å². The molecule has 2 atom stereocenters. The highest BCUT2D eigenvalue weighted by Crippen LogP contribution is 2.19. The lowest BCUT2D eigenvalue weighted by Gasteiger charge is -2.17. The summed E-state index contributed by atoms with van der Waals surface area (Å²) in [6.45, 7) is 1.51. The van der Waals surface area contributed by atoms with Crippen LogP contribution in [0.5, 0.6) is 0 Å². The second-order valence-corrected chi connectivity index (χ2v) is 4.69. The number of alkyl halides is 1. The number of halogens is 2. The molecule has 1 aromatic rings. The van der Waals surface area contributed by atoms with Crippen molar-refractivity contribution >= 4 is 29.3 Å². The van der Waals surface area contributed by atoms with E-state index in [1.807, 2.05) is 0 Å². The Balaban J connectivity index is 2.14. The lowest BCUT2D eigenvalue weighted by molar-refractivity contribution is -0.119. The molecule has 0 aliphatic carbocycles. The lowest BCUT2D eigenvalue weighted by Crippen LogP contribution is -2.39. The van der Waals surface area contributed by atoms with Crippen LogP contribution in [0.1, 0.15) is 23.8 Å². The summed E-state index contributed by atoms with van der Waals surface area (Å²) < 4.78 is 13.9. The van der Waals surface area contributed by atoms with Gasteiger partial charge in [0.15, 0.2) is 11.6 Å². The number of rotatable bonds is 3. The molecule has 2 rings (SSSR count). The highest BCUT2D eigenvalue weighted by Gasteiger charge is 2.33. The molecule has 1 aliphatic rings. The van der Waals surface area contributed by atoms with Gasteiger partial charge in [-0.25, -0.2) is 13.8 Å². The van der Waals surface area contributed by atoms with Gasteiger partial charge < -0.3 is 5.32 Å². The Bertz CT molecular complexity index is 512. The highest BCUT2D eigenvalue weighted by atomic mass is 35.5. The van der Waals surface area contributed by atoms with Gasteiger partial charge in [0.1, 0.15) is 11.9 Å². The number of hydrogen-bond acceptors (Lipinski definition) is 4. The van der Waals surface area contributed by atoms with Crippen molar-refractivity contribution in [2.24, 2.45) is 0 Å². The molecule has 0 spiro atoms. The van der Waals surface area contributed by atoms with Crippen LogP contribution >= 0.6 is 11.8 Å². The van der Waals surface area contributed by atoms with Crippen LogP contribution in [0.25, 0.3) is 0 Å². The molecule has 5 nitrogen and oxygen atoms in total.